The SMILES string of the molecule is CCNC(=NCc1sc(C)nc1C)NC1CCN(c2ccccn2)CC1. The van der Waals surface area contributed by atoms with E-state index in [1.807, 2.05) is 25.3 Å². The molecule has 1 aliphatic rings. The van der Waals surface area contributed by atoms with E-state index in [1.165, 1.54) is 4.88 Å². The molecule has 0 radical (unpaired) electrons. The van der Waals surface area contributed by atoms with Gasteiger partial charge in [0.2, 0.25) is 0 Å². The monoisotopic (exact) mass is 372 g/mol. The highest BCUT2D eigenvalue weighted by Crippen LogP contribution is 2.19. The van der Waals surface area contributed by atoms with Crippen molar-refractivity contribution >= 4 is 23.1 Å². The molecular weight excluding hydrogens is 344 g/mol. The summed E-state index contributed by atoms with van der Waals surface area (Å²) >= 11 is 1.73. The Morgan fingerprint density at radius 1 is 1.31 bits per heavy atom. The highest BCUT2D eigenvalue weighted by molar-refractivity contribution is 7.11. The van der Waals surface area contributed by atoms with Crippen LogP contribution in [0.15, 0.2) is 29.4 Å². The number of piperidine rings is 1. The van der Waals surface area contributed by atoms with Crippen molar-refractivity contribution in [1.29, 1.82) is 0 Å². The molecule has 2 aromatic rings. The Kier molecular flexibility index (Phi) is 6.44. The summed E-state index contributed by atoms with van der Waals surface area (Å²) in [6, 6.07) is 6.53. The first-order chi connectivity index (χ1) is 12.7. The third-order valence-corrected chi connectivity index (χ3v) is 5.59. The molecule has 0 unspecified atom stereocenters. The Balaban J connectivity index is 1.55. The minimum absolute atomic E-state index is 0.442. The quantitative estimate of drug-likeness (QED) is 0.624. The summed E-state index contributed by atoms with van der Waals surface area (Å²) in [4.78, 5) is 17.3. The lowest BCUT2D eigenvalue weighted by Gasteiger charge is -2.33. The fourth-order valence-electron chi connectivity index (χ4n) is 3.18. The number of rotatable bonds is 5. The van der Waals surface area contributed by atoms with Crippen LogP contribution in [0.3, 0.4) is 0 Å². The Morgan fingerprint density at radius 3 is 2.73 bits per heavy atom. The van der Waals surface area contributed by atoms with Crippen LogP contribution >= 0.6 is 11.3 Å². The van der Waals surface area contributed by atoms with Crippen LogP contribution in [0.5, 0.6) is 0 Å². The number of nitrogens with one attached hydrogen (secondary N) is 2. The van der Waals surface area contributed by atoms with Gasteiger partial charge in [-0.05, 0) is 45.7 Å². The molecule has 3 heterocycles. The van der Waals surface area contributed by atoms with Crippen molar-refractivity contribution in [3.63, 3.8) is 0 Å². The molecule has 1 aliphatic heterocycles. The first-order valence-corrected chi connectivity index (χ1v) is 10.1. The molecule has 26 heavy (non-hydrogen) atoms. The molecule has 1 fully saturated rings. The highest BCUT2D eigenvalue weighted by atomic mass is 32.1. The lowest BCUT2D eigenvalue weighted by molar-refractivity contribution is 0.459. The summed E-state index contributed by atoms with van der Waals surface area (Å²) in [5.41, 5.74) is 1.09. The number of hydrogen-bond acceptors (Lipinski definition) is 5. The molecule has 0 aromatic carbocycles. The van der Waals surface area contributed by atoms with Gasteiger partial charge in [0.05, 0.1) is 17.2 Å². The summed E-state index contributed by atoms with van der Waals surface area (Å²) < 4.78 is 0. The van der Waals surface area contributed by atoms with Gasteiger partial charge < -0.3 is 15.5 Å². The largest absolute Gasteiger partial charge is 0.357 e. The van der Waals surface area contributed by atoms with E-state index in [0.717, 1.165) is 55.0 Å². The van der Waals surface area contributed by atoms with Crippen LogP contribution in [-0.4, -0.2) is 41.6 Å². The minimum Gasteiger partial charge on any atom is -0.357 e. The van der Waals surface area contributed by atoms with E-state index in [-0.39, 0.29) is 0 Å². The van der Waals surface area contributed by atoms with Crippen molar-refractivity contribution < 1.29 is 0 Å². The molecule has 0 aliphatic carbocycles. The summed E-state index contributed by atoms with van der Waals surface area (Å²) in [5, 5.41) is 8.07. The van der Waals surface area contributed by atoms with E-state index >= 15 is 0 Å². The van der Waals surface area contributed by atoms with Crippen LogP contribution in [0.4, 0.5) is 5.82 Å². The van der Waals surface area contributed by atoms with E-state index in [2.05, 4.69) is 45.4 Å². The fourth-order valence-corrected chi connectivity index (χ4v) is 4.04. The normalized spacial score (nSPS) is 16.0. The average molecular weight is 373 g/mol. The molecule has 0 saturated carbocycles. The van der Waals surface area contributed by atoms with Gasteiger partial charge in [-0.3, -0.25) is 0 Å². The number of thiazole rings is 1. The van der Waals surface area contributed by atoms with Gasteiger partial charge in [0.1, 0.15) is 5.82 Å². The van der Waals surface area contributed by atoms with Crippen molar-refractivity contribution in [3.8, 4) is 0 Å². The summed E-state index contributed by atoms with van der Waals surface area (Å²) in [5.74, 6) is 1.97. The predicted molar refractivity (Wildman–Crippen MR) is 109 cm³/mol. The van der Waals surface area contributed by atoms with E-state index in [1.54, 1.807) is 11.3 Å². The van der Waals surface area contributed by atoms with Gasteiger partial charge in [-0.1, -0.05) is 6.07 Å². The van der Waals surface area contributed by atoms with Crippen molar-refractivity contribution in [3.05, 3.63) is 40.0 Å². The Morgan fingerprint density at radius 2 is 2.12 bits per heavy atom. The van der Waals surface area contributed by atoms with Gasteiger partial charge >= 0.3 is 0 Å². The molecular formula is C19H28N6S. The van der Waals surface area contributed by atoms with Crippen LogP contribution in [-0.2, 0) is 6.54 Å². The second-order valence-corrected chi connectivity index (χ2v) is 7.82. The molecule has 2 N–H and O–H groups in total. The van der Waals surface area contributed by atoms with E-state index < -0.39 is 0 Å². The first-order valence-electron chi connectivity index (χ1n) is 9.29. The number of pyridine rings is 1. The van der Waals surface area contributed by atoms with Gasteiger partial charge in [-0.25, -0.2) is 15.0 Å². The second kappa shape index (κ2) is 8.98. The average Bonchev–Trinajstić information content (AvgIpc) is 2.98. The van der Waals surface area contributed by atoms with Crippen molar-refractivity contribution in [2.24, 2.45) is 4.99 Å². The van der Waals surface area contributed by atoms with Crippen molar-refractivity contribution in [2.45, 2.75) is 46.2 Å². The van der Waals surface area contributed by atoms with E-state index in [4.69, 9.17) is 4.99 Å². The van der Waals surface area contributed by atoms with Crippen LogP contribution in [0.2, 0.25) is 0 Å². The molecule has 140 valence electrons. The molecule has 0 bridgehead atoms. The standard InChI is InChI=1S/C19H28N6S/c1-4-20-19(22-13-17-14(2)23-15(3)26-17)24-16-8-11-25(12-9-16)18-7-5-6-10-21-18/h5-7,10,16H,4,8-9,11-13H2,1-3H3,(H2,20,22,24). The molecule has 3 rings (SSSR count). The van der Waals surface area contributed by atoms with Crippen LogP contribution in [0.1, 0.15) is 35.3 Å². The third-order valence-electron chi connectivity index (χ3n) is 4.53. The summed E-state index contributed by atoms with van der Waals surface area (Å²) in [7, 11) is 0. The van der Waals surface area contributed by atoms with Crippen LogP contribution in [0.25, 0.3) is 0 Å². The maximum atomic E-state index is 4.77. The summed E-state index contributed by atoms with van der Waals surface area (Å²) in [6.45, 7) is 9.77. The van der Waals surface area contributed by atoms with Gasteiger partial charge in [-0.2, -0.15) is 0 Å². The van der Waals surface area contributed by atoms with Gasteiger partial charge in [-0.15, -0.1) is 11.3 Å². The zero-order chi connectivity index (χ0) is 18.4. The Bertz CT molecular complexity index is 719. The number of aliphatic imine (C=N–C) groups is 1. The number of anilines is 1. The highest BCUT2D eigenvalue weighted by Gasteiger charge is 2.20. The van der Waals surface area contributed by atoms with Crippen molar-refractivity contribution in [2.75, 3.05) is 24.5 Å². The Labute approximate surface area is 159 Å². The van der Waals surface area contributed by atoms with Gasteiger partial charge in [0.25, 0.3) is 0 Å². The fraction of sp³-hybridized carbons (Fsp3) is 0.526. The zero-order valence-electron chi connectivity index (χ0n) is 15.8. The summed E-state index contributed by atoms with van der Waals surface area (Å²) in [6.07, 6.45) is 4.03. The number of hydrogen-bond donors (Lipinski definition) is 2. The Hall–Kier alpha value is -2.15. The maximum absolute atomic E-state index is 4.77. The molecule has 0 amide bonds. The molecule has 6 nitrogen and oxygen atoms in total. The van der Waals surface area contributed by atoms with E-state index in [0.29, 0.717) is 12.6 Å². The molecule has 2 aromatic heterocycles. The number of aromatic nitrogens is 2. The lowest BCUT2D eigenvalue weighted by atomic mass is 10.1. The second-order valence-electron chi connectivity index (χ2n) is 6.53. The number of guanidine groups is 1. The zero-order valence-corrected chi connectivity index (χ0v) is 16.6. The minimum atomic E-state index is 0.442. The maximum Gasteiger partial charge on any atom is 0.191 e. The van der Waals surface area contributed by atoms with Crippen molar-refractivity contribution in [1.82, 2.24) is 20.6 Å². The molecule has 0 spiro atoms. The van der Waals surface area contributed by atoms with E-state index in [9.17, 15) is 0 Å². The van der Waals surface area contributed by atoms with Gasteiger partial charge in [0, 0.05) is 36.8 Å². The van der Waals surface area contributed by atoms with Gasteiger partial charge in [0.15, 0.2) is 5.96 Å². The molecule has 1 saturated heterocycles. The van der Waals surface area contributed by atoms with Crippen LogP contribution in [0, 0.1) is 13.8 Å². The first kappa shape index (κ1) is 18.6. The number of nitrogens with zero attached hydrogens (tertiary/aromatic N) is 4. The van der Waals surface area contributed by atoms with Crippen LogP contribution < -0.4 is 15.5 Å². The predicted octanol–water partition coefficient (Wildman–Crippen LogP) is 2.88. The number of aryl methyl sites for hydroxylation is 2. The topological polar surface area (TPSA) is 65.4 Å². The lowest BCUT2D eigenvalue weighted by Crippen LogP contribution is -2.48. The molecule has 0 atom stereocenters. The molecule has 7 heteroatoms. The smallest absolute Gasteiger partial charge is 0.191 e. The third kappa shape index (κ3) is 4.94.